The van der Waals surface area contributed by atoms with E-state index in [1.54, 1.807) is 0 Å². The van der Waals surface area contributed by atoms with E-state index in [0.717, 1.165) is 25.9 Å². The fraction of sp³-hybridized carbons (Fsp3) is 0.588. The molecule has 1 aromatic rings. The molecule has 0 N–H and O–H groups in total. The first-order valence-electron chi connectivity index (χ1n) is 7.92. The van der Waals surface area contributed by atoms with Crippen LogP contribution < -0.4 is 5.19 Å². The fourth-order valence-corrected chi connectivity index (χ4v) is 7.03. The average Bonchev–Trinajstić information content (AvgIpc) is 3.02. The zero-order chi connectivity index (χ0) is 15.5. The Morgan fingerprint density at radius 2 is 2.05 bits per heavy atom. The molecular weight excluding hydrogens is 278 g/mol. The Morgan fingerprint density at radius 3 is 2.57 bits per heavy atom. The Bertz CT molecular complexity index is 469. The second-order valence-electron chi connectivity index (χ2n) is 6.46. The molecule has 0 spiro atoms. The van der Waals surface area contributed by atoms with Crippen LogP contribution >= 0.6 is 0 Å². The number of carbonyl (C=O) groups is 1. The Morgan fingerprint density at radius 1 is 1.38 bits per heavy atom. The monoisotopic (exact) mass is 305 g/mol. The molecule has 21 heavy (non-hydrogen) atoms. The van der Waals surface area contributed by atoms with Crippen LogP contribution in [-0.2, 0) is 9.53 Å². The molecule has 2 atom stereocenters. The summed E-state index contributed by atoms with van der Waals surface area (Å²) in [4.78, 5) is 14.6. The minimum absolute atomic E-state index is 0.163. The Kier molecular flexibility index (Phi) is 5.22. The number of amides is 1. The van der Waals surface area contributed by atoms with E-state index in [2.05, 4.69) is 50.3 Å². The lowest BCUT2D eigenvalue weighted by molar-refractivity contribution is -0.140. The molecular formula is C17H27NO2Si. The molecule has 1 fully saturated rings. The van der Waals surface area contributed by atoms with Crippen LogP contribution in [0.5, 0.6) is 0 Å². The maximum atomic E-state index is 12.6. The van der Waals surface area contributed by atoms with Gasteiger partial charge in [-0.15, -0.1) is 0 Å². The maximum absolute atomic E-state index is 12.6. The van der Waals surface area contributed by atoms with Gasteiger partial charge in [0.05, 0.1) is 0 Å². The van der Waals surface area contributed by atoms with Gasteiger partial charge in [0.15, 0.2) is 0 Å². The molecule has 2 rings (SSSR count). The molecule has 4 heteroatoms. The molecule has 1 saturated heterocycles. The minimum Gasteiger partial charge on any atom is -0.368 e. The third-order valence-corrected chi connectivity index (χ3v) is 9.04. The highest BCUT2D eigenvalue weighted by Gasteiger charge is 2.39. The second kappa shape index (κ2) is 6.75. The largest absolute Gasteiger partial charge is 0.368 e. The molecule has 1 heterocycles. The van der Waals surface area contributed by atoms with Gasteiger partial charge in [-0.25, -0.2) is 0 Å². The van der Waals surface area contributed by atoms with Crippen LogP contribution in [0, 0.1) is 0 Å². The van der Waals surface area contributed by atoms with E-state index < -0.39 is 8.07 Å². The van der Waals surface area contributed by atoms with Crippen molar-refractivity contribution in [3.05, 3.63) is 30.3 Å². The van der Waals surface area contributed by atoms with Gasteiger partial charge in [-0.3, -0.25) is 4.79 Å². The third-order valence-electron chi connectivity index (χ3n) is 4.76. The minimum atomic E-state index is -1.74. The van der Waals surface area contributed by atoms with Crippen molar-refractivity contribution in [3.8, 4) is 0 Å². The Balaban J connectivity index is 2.19. The molecule has 0 bridgehead atoms. The van der Waals surface area contributed by atoms with Gasteiger partial charge < -0.3 is 9.64 Å². The van der Waals surface area contributed by atoms with Crippen molar-refractivity contribution in [1.82, 2.24) is 4.90 Å². The van der Waals surface area contributed by atoms with Gasteiger partial charge in [0, 0.05) is 19.3 Å². The quantitative estimate of drug-likeness (QED) is 0.783. The molecule has 2 unspecified atom stereocenters. The summed E-state index contributed by atoms with van der Waals surface area (Å²) in [7, 11) is 0.218. The van der Waals surface area contributed by atoms with Crippen LogP contribution in [0.4, 0.5) is 0 Å². The number of nitrogens with zero attached hydrogens (tertiary/aromatic N) is 1. The first-order chi connectivity index (χ1) is 9.98. The lowest BCUT2D eigenvalue weighted by Gasteiger charge is -2.39. The second-order valence-corrected chi connectivity index (χ2v) is 11.1. The summed E-state index contributed by atoms with van der Waals surface area (Å²) in [6.07, 6.45) is 2.64. The van der Waals surface area contributed by atoms with Crippen LogP contribution in [0.25, 0.3) is 0 Å². The van der Waals surface area contributed by atoms with E-state index in [9.17, 15) is 4.79 Å². The van der Waals surface area contributed by atoms with Gasteiger partial charge in [-0.05, 0) is 19.3 Å². The highest BCUT2D eigenvalue weighted by atomic mass is 28.3. The van der Waals surface area contributed by atoms with E-state index in [1.807, 2.05) is 11.9 Å². The van der Waals surface area contributed by atoms with E-state index >= 15 is 0 Å². The predicted molar refractivity (Wildman–Crippen MR) is 89.4 cm³/mol. The molecule has 116 valence electrons. The maximum Gasteiger partial charge on any atom is 0.251 e. The van der Waals surface area contributed by atoms with E-state index in [1.165, 1.54) is 5.19 Å². The van der Waals surface area contributed by atoms with Gasteiger partial charge in [0.2, 0.25) is 0 Å². The standard InChI is InChI=1S/C17H27NO2Si/c1-5-16(18(2)17(19)15-12-9-13-20-15)21(3,4)14-10-7-6-8-11-14/h6-8,10-11,15-16H,5,9,12-13H2,1-4H3. The zero-order valence-corrected chi connectivity index (χ0v) is 14.6. The first kappa shape index (κ1) is 16.2. The van der Waals surface area contributed by atoms with Crippen molar-refractivity contribution in [2.45, 2.75) is 51.0 Å². The van der Waals surface area contributed by atoms with Crippen molar-refractivity contribution in [1.29, 1.82) is 0 Å². The van der Waals surface area contributed by atoms with Crippen molar-refractivity contribution in [2.75, 3.05) is 13.7 Å². The Hall–Kier alpha value is -1.13. The van der Waals surface area contributed by atoms with Crippen molar-refractivity contribution < 1.29 is 9.53 Å². The first-order valence-corrected chi connectivity index (χ1v) is 11.0. The van der Waals surface area contributed by atoms with Crippen molar-refractivity contribution in [2.24, 2.45) is 0 Å². The number of hydrogen-bond donors (Lipinski definition) is 0. The smallest absolute Gasteiger partial charge is 0.251 e. The lowest BCUT2D eigenvalue weighted by Crippen LogP contribution is -2.61. The summed E-state index contributed by atoms with van der Waals surface area (Å²) >= 11 is 0. The SMILES string of the molecule is CCC(N(C)C(=O)C1CCCO1)[Si](C)(C)c1ccccc1. The molecule has 1 amide bonds. The molecule has 0 aliphatic carbocycles. The van der Waals surface area contributed by atoms with Crippen LogP contribution in [0.2, 0.25) is 13.1 Å². The third kappa shape index (κ3) is 3.38. The van der Waals surface area contributed by atoms with Crippen LogP contribution in [0.15, 0.2) is 30.3 Å². The highest BCUT2D eigenvalue weighted by molar-refractivity contribution is 6.91. The summed E-state index contributed by atoms with van der Waals surface area (Å²) in [6.45, 7) is 7.62. The van der Waals surface area contributed by atoms with Crippen LogP contribution in [0.3, 0.4) is 0 Å². The Labute approximate surface area is 129 Å². The number of rotatable bonds is 5. The number of benzene rings is 1. The van der Waals surface area contributed by atoms with Gasteiger partial charge in [0.25, 0.3) is 5.91 Å². The zero-order valence-electron chi connectivity index (χ0n) is 13.6. The summed E-state index contributed by atoms with van der Waals surface area (Å²) < 4.78 is 5.57. The van der Waals surface area contributed by atoms with E-state index in [4.69, 9.17) is 4.74 Å². The van der Waals surface area contributed by atoms with Gasteiger partial charge in [0.1, 0.15) is 14.2 Å². The van der Waals surface area contributed by atoms with Crippen molar-refractivity contribution in [3.63, 3.8) is 0 Å². The molecule has 0 radical (unpaired) electrons. The molecule has 3 nitrogen and oxygen atoms in total. The summed E-state index contributed by atoms with van der Waals surface area (Å²) in [5, 5.41) is 1.41. The highest BCUT2D eigenvalue weighted by Crippen LogP contribution is 2.21. The topological polar surface area (TPSA) is 29.5 Å². The number of carbonyl (C=O) groups excluding carboxylic acids is 1. The molecule has 1 aromatic carbocycles. The predicted octanol–water partition coefficient (Wildman–Crippen LogP) is 2.56. The fourth-order valence-electron chi connectivity index (χ4n) is 3.48. The van der Waals surface area contributed by atoms with Crippen LogP contribution in [-0.4, -0.2) is 44.3 Å². The van der Waals surface area contributed by atoms with E-state index in [-0.39, 0.29) is 12.0 Å². The van der Waals surface area contributed by atoms with Crippen molar-refractivity contribution >= 4 is 19.2 Å². The molecule has 0 aromatic heterocycles. The molecule has 1 aliphatic heterocycles. The molecule has 1 aliphatic rings. The van der Waals surface area contributed by atoms with Gasteiger partial charge in [-0.2, -0.15) is 0 Å². The van der Waals surface area contributed by atoms with E-state index in [0.29, 0.717) is 5.67 Å². The normalized spacial score (nSPS) is 20.3. The number of likely N-dealkylation sites (N-methyl/N-ethyl adjacent to an activating group) is 1. The summed E-state index contributed by atoms with van der Waals surface area (Å²) in [5.41, 5.74) is 0.302. The average molecular weight is 305 g/mol. The number of ether oxygens (including phenoxy) is 1. The lowest BCUT2D eigenvalue weighted by atomic mass is 10.2. The summed E-state index contributed by atoms with van der Waals surface area (Å²) in [6, 6.07) is 10.7. The van der Waals surface area contributed by atoms with Gasteiger partial charge >= 0.3 is 0 Å². The molecule has 0 saturated carbocycles. The van der Waals surface area contributed by atoms with Gasteiger partial charge in [-0.1, -0.05) is 55.5 Å². The van der Waals surface area contributed by atoms with Crippen LogP contribution in [0.1, 0.15) is 26.2 Å². The number of hydrogen-bond acceptors (Lipinski definition) is 2. The summed E-state index contributed by atoms with van der Waals surface area (Å²) in [5.74, 6) is 0.163.